The maximum atomic E-state index is 12.6. The van der Waals surface area contributed by atoms with Crippen LogP contribution in [-0.4, -0.2) is 35.0 Å². The van der Waals surface area contributed by atoms with E-state index in [2.05, 4.69) is 20.8 Å². The fourth-order valence-electron chi connectivity index (χ4n) is 3.84. The van der Waals surface area contributed by atoms with E-state index >= 15 is 0 Å². The molecule has 1 aliphatic carbocycles. The van der Waals surface area contributed by atoms with Gasteiger partial charge in [0.05, 0.1) is 5.92 Å². The van der Waals surface area contributed by atoms with Gasteiger partial charge >= 0.3 is 5.97 Å². The fourth-order valence-corrected chi connectivity index (χ4v) is 3.84. The van der Waals surface area contributed by atoms with Crippen LogP contribution in [0.15, 0.2) is 0 Å². The highest BCUT2D eigenvalue weighted by molar-refractivity contribution is 5.80. The molecule has 0 radical (unpaired) electrons. The van der Waals surface area contributed by atoms with Crippen molar-refractivity contribution in [2.75, 3.05) is 13.1 Å². The summed E-state index contributed by atoms with van der Waals surface area (Å²) in [5, 5.41) is 9.13. The summed E-state index contributed by atoms with van der Waals surface area (Å²) in [4.78, 5) is 25.5. The third-order valence-corrected chi connectivity index (χ3v) is 5.38. The molecule has 120 valence electrons. The third-order valence-electron chi connectivity index (χ3n) is 5.38. The number of carboxylic acids is 1. The van der Waals surface area contributed by atoms with Gasteiger partial charge in [0.25, 0.3) is 0 Å². The Labute approximate surface area is 127 Å². The fraction of sp³-hybridized carbons (Fsp3) is 0.882. The zero-order valence-electron chi connectivity index (χ0n) is 13.6. The summed E-state index contributed by atoms with van der Waals surface area (Å²) in [7, 11) is 0. The number of amides is 1. The molecule has 4 heteroatoms. The maximum absolute atomic E-state index is 12.6. The highest BCUT2D eigenvalue weighted by Gasteiger charge is 2.36. The molecule has 0 aromatic heterocycles. The minimum Gasteiger partial charge on any atom is -0.481 e. The molecule has 1 saturated heterocycles. The summed E-state index contributed by atoms with van der Waals surface area (Å²) in [6.07, 6.45) is 5.70. The number of carbonyl (C=O) groups is 2. The summed E-state index contributed by atoms with van der Waals surface area (Å²) in [6.45, 7) is 7.99. The third kappa shape index (κ3) is 3.98. The van der Waals surface area contributed by atoms with E-state index in [-0.39, 0.29) is 17.7 Å². The lowest BCUT2D eigenvalue weighted by Crippen LogP contribution is -2.45. The van der Waals surface area contributed by atoms with Crippen molar-refractivity contribution in [1.82, 2.24) is 4.90 Å². The molecule has 2 aliphatic rings. The summed E-state index contributed by atoms with van der Waals surface area (Å²) in [5.41, 5.74) is 0.327. The van der Waals surface area contributed by atoms with Crippen LogP contribution >= 0.6 is 0 Å². The average Bonchev–Trinajstić information content (AvgIpc) is 2.46. The molecule has 1 saturated carbocycles. The quantitative estimate of drug-likeness (QED) is 0.851. The van der Waals surface area contributed by atoms with Gasteiger partial charge in [-0.15, -0.1) is 0 Å². The van der Waals surface area contributed by atoms with Gasteiger partial charge in [0.2, 0.25) is 5.91 Å². The molecule has 0 aromatic rings. The number of hydrogen-bond acceptors (Lipinski definition) is 2. The van der Waals surface area contributed by atoms with E-state index in [4.69, 9.17) is 5.11 Å². The Morgan fingerprint density at radius 3 is 2.14 bits per heavy atom. The monoisotopic (exact) mass is 295 g/mol. The first kappa shape index (κ1) is 16.3. The predicted molar refractivity (Wildman–Crippen MR) is 81.8 cm³/mol. The SMILES string of the molecule is CC(C)(C)C1CCC(C(=O)N2CCCC(C(=O)O)C2)CC1. The largest absolute Gasteiger partial charge is 0.481 e. The first-order chi connectivity index (χ1) is 9.79. The number of nitrogens with zero attached hydrogens (tertiary/aromatic N) is 1. The van der Waals surface area contributed by atoms with E-state index in [1.807, 2.05) is 4.90 Å². The van der Waals surface area contributed by atoms with Crippen molar-refractivity contribution in [3.8, 4) is 0 Å². The van der Waals surface area contributed by atoms with Crippen LogP contribution < -0.4 is 0 Å². The van der Waals surface area contributed by atoms with Gasteiger partial charge in [-0.2, -0.15) is 0 Å². The minimum absolute atomic E-state index is 0.121. The smallest absolute Gasteiger partial charge is 0.308 e. The second-order valence-corrected chi connectivity index (χ2v) is 7.88. The Bertz CT molecular complexity index is 391. The first-order valence-electron chi connectivity index (χ1n) is 8.30. The van der Waals surface area contributed by atoms with Crippen molar-refractivity contribution in [3.05, 3.63) is 0 Å². The Morgan fingerprint density at radius 2 is 1.62 bits per heavy atom. The molecule has 1 N–H and O–H groups in total. The normalized spacial score (nSPS) is 31.0. The maximum Gasteiger partial charge on any atom is 0.308 e. The molecule has 0 spiro atoms. The van der Waals surface area contributed by atoms with E-state index in [0.717, 1.165) is 38.6 Å². The van der Waals surface area contributed by atoms with E-state index < -0.39 is 5.97 Å². The second-order valence-electron chi connectivity index (χ2n) is 7.88. The first-order valence-corrected chi connectivity index (χ1v) is 8.30. The number of aliphatic carboxylic acids is 1. The Balaban J connectivity index is 1.88. The molecule has 1 amide bonds. The molecule has 1 unspecified atom stereocenters. The number of carbonyl (C=O) groups excluding carboxylic acids is 1. The lowest BCUT2D eigenvalue weighted by molar-refractivity contribution is -0.147. The van der Waals surface area contributed by atoms with Gasteiger partial charge in [-0.25, -0.2) is 0 Å². The highest BCUT2D eigenvalue weighted by atomic mass is 16.4. The van der Waals surface area contributed by atoms with Gasteiger partial charge in [0.1, 0.15) is 0 Å². The number of piperidine rings is 1. The van der Waals surface area contributed by atoms with E-state index in [0.29, 0.717) is 24.3 Å². The van der Waals surface area contributed by atoms with Crippen LogP contribution in [0.3, 0.4) is 0 Å². The van der Waals surface area contributed by atoms with Crippen LogP contribution in [0.5, 0.6) is 0 Å². The molecule has 4 nitrogen and oxygen atoms in total. The Morgan fingerprint density at radius 1 is 1.00 bits per heavy atom. The van der Waals surface area contributed by atoms with Gasteiger partial charge in [0.15, 0.2) is 0 Å². The summed E-state index contributed by atoms with van der Waals surface area (Å²) >= 11 is 0. The minimum atomic E-state index is -0.760. The summed E-state index contributed by atoms with van der Waals surface area (Å²) in [5.74, 6) is -0.100. The van der Waals surface area contributed by atoms with Gasteiger partial charge in [0, 0.05) is 19.0 Å². The molecule has 0 aromatic carbocycles. The van der Waals surface area contributed by atoms with E-state index in [1.54, 1.807) is 0 Å². The summed E-state index contributed by atoms with van der Waals surface area (Å²) in [6, 6.07) is 0. The van der Waals surface area contributed by atoms with Crippen LogP contribution in [0.4, 0.5) is 0 Å². The Kier molecular flexibility index (Phi) is 4.95. The van der Waals surface area contributed by atoms with Crippen LogP contribution in [-0.2, 0) is 9.59 Å². The molecule has 0 bridgehead atoms. The standard InChI is InChI=1S/C17H29NO3/c1-17(2,3)14-8-6-12(7-9-14)15(19)18-10-4-5-13(11-18)16(20)21/h12-14H,4-11H2,1-3H3,(H,20,21). The summed E-state index contributed by atoms with van der Waals surface area (Å²) < 4.78 is 0. The number of rotatable bonds is 2. The van der Waals surface area contributed by atoms with E-state index in [9.17, 15) is 9.59 Å². The van der Waals surface area contributed by atoms with Crippen molar-refractivity contribution in [1.29, 1.82) is 0 Å². The second kappa shape index (κ2) is 6.37. The van der Waals surface area contributed by atoms with Crippen LogP contribution in [0.1, 0.15) is 59.3 Å². The molecule has 2 rings (SSSR count). The zero-order chi connectivity index (χ0) is 15.6. The van der Waals surface area contributed by atoms with E-state index in [1.165, 1.54) is 0 Å². The van der Waals surface area contributed by atoms with Crippen LogP contribution in [0, 0.1) is 23.2 Å². The predicted octanol–water partition coefficient (Wildman–Crippen LogP) is 3.16. The molecule has 1 heterocycles. The zero-order valence-corrected chi connectivity index (χ0v) is 13.6. The lowest BCUT2D eigenvalue weighted by atomic mass is 9.69. The van der Waals surface area contributed by atoms with Crippen LogP contribution in [0.25, 0.3) is 0 Å². The van der Waals surface area contributed by atoms with Gasteiger partial charge in [-0.05, 0) is 49.9 Å². The van der Waals surface area contributed by atoms with Crippen molar-refractivity contribution in [2.24, 2.45) is 23.2 Å². The molecular weight excluding hydrogens is 266 g/mol. The molecular formula is C17H29NO3. The van der Waals surface area contributed by atoms with Gasteiger partial charge < -0.3 is 10.0 Å². The molecule has 21 heavy (non-hydrogen) atoms. The van der Waals surface area contributed by atoms with Crippen molar-refractivity contribution in [2.45, 2.75) is 59.3 Å². The molecule has 1 atom stereocenters. The van der Waals surface area contributed by atoms with Gasteiger partial charge in [-0.1, -0.05) is 20.8 Å². The Hall–Kier alpha value is -1.06. The lowest BCUT2D eigenvalue weighted by Gasteiger charge is -2.39. The highest BCUT2D eigenvalue weighted by Crippen LogP contribution is 2.40. The number of likely N-dealkylation sites (tertiary alicyclic amines) is 1. The number of hydrogen-bond donors (Lipinski definition) is 1. The number of carboxylic acid groups (broad SMARTS) is 1. The van der Waals surface area contributed by atoms with Gasteiger partial charge in [-0.3, -0.25) is 9.59 Å². The molecule has 1 aliphatic heterocycles. The van der Waals surface area contributed by atoms with Crippen molar-refractivity contribution in [3.63, 3.8) is 0 Å². The molecule has 2 fully saturated rings. The topological polar surface area (TPSA) is 57.6 Å². The average molecular weight is 295 g/mol. The van der Waals surface area contributed by atoms with Crippen molar-refractivity contribution >= 4 is 11.9 Å². The van der Waals surface area contributed by atoms with Crippen LogP contribution in [0.2, 0.25) is 0 Å². The van der Waals surface area contributed by atoms with Crippen molar-refractivity contribution < 1.29 is 14.7 Å².